The molecule has 0 aliphatic carbocycles. The molecule has 5 nitrogen and oxygen atoms in total. The van der Waals surface area contributed by atoms with E-state index in [0.29, 0.717) is 11.1 Å². The van der Waals surface area contributed by atoms with Crippen LogP contribution in [0.25, 0.3) is 21.7 Å². The van der Waals surface area contributed by atoms with Crippen molar-refractivity contribution in [2.45, 2.75) is 12.5 Å². The molecule has 28 heavy (non-hydrogen) atoms. The van der Waals surface area contributed by atoms with Gasteiger partial charge in [0.05, 0.1) is 11.1 Å². The summed E-state index contributed by atoms with van der Waals surface area (Å²) in [5, 5.41) is 15.2. The van der Waals surface area contributed by atoms with Crippen molar-refractivity contribution in [2.24, 2.45) is 0 Å². The van der Waals surface area contributed by atoms with E-state index in [1.165, 1.54) is 0 Å². The van der Waals surface area contributed by atoms with Crippen LogP contribution in [-0.4, -0.2) is 28.0 Å². The number of hydrogen-bond donors (Lipinski definition) is 2. The Balaban J connectivity index is 1.63. The molecule has 0 saturated heterocycles. The van der Waals surface area contributed by atoms with Gasteiger partial charge < -0.3 is 10.4 Å². The molecule has 5 heteroatoms. The van der Waals surface area contributed by atoms with Gasteiger partial charge in [-0.05, 0) is 28.5 Å². The maximum atomic E-state index is 12.8. The third kappa shape index (κ3) is 3.42. The first-order valence-corrected chi connectivity index (χ1v) is 8.97. The van der Waals surface area contributed by atoms with Crippen molar-refractivity contribution in [2.75, 3.05) is 0 Å². The number of rotatable bonds is 5. The number of nitrogens with zero attached hydrogens (tertiary/aromatic N) is 1. The molecule has 138 valence electrons. The average Bonchev–Trinajstić information content (AvgIpc) is 2.73. The lowest BCUT2D eigenvalue weighted by Gasteiger charge is -2.16. The van der Waals surface area contributed by atoms with E-state index in [9.17, 15) is 14.7 Å². The minimum atomic E-state index is -1.07. The first-order valence-electron chi connectivity index (χ1n) is 8.97. The number of benzene rings is 3. The first kappa shape index (κ1) is 17.7. The average molecular weight is 370 g/mol. The molecule has 2 N–H and O–H groups in total. The van der Waals surface area contributed by atoms with Gasteiger partial charge >= 0.3 is 5.97 Å². The molecular weight excluding hydrogens is 352 g/mol. The first-order chi connectivity index (χ1) is 13.6. The van der Waals surface area contributed by atoms with E-state index in [0.717, 1.165) is 21.7 Å². The molecule has 0 radical (unpaired) electrons. The maximum Gasteiger partial charge on any atom is 0.326 e. The van der Waals surface area contributed by atoms with Crippen LogP contribution in [0, 0.1) is 0 Å². The Morgan fingerprint density at radius 1 is 0.893 bits per heavy atom. The molecule has 3 aromatic carbocycles. The number of amides is 1. The summed E-state index contributed by atoms with van der Waals surface area (Å²) in [6, 6.07) is 21.5. The van der Waals surface area contributed by atoms with Gasteiger partial charge in [-0.2, -0.15) is 0 Å². The maximum absolute atomic E-state index is 12.8. The molecule has 0 saturated carbocycles. The number of nitrogens with one attached hydrogen (secondary N) is 1. The predicted molar refractivity (Wildman–Crippen MR) is 108 cm³/mol. The number of carboxylic acid groups (broad SMARTS) is 1. The van der Waals surface area contributed by atoms with Crippen molar-refractivity contribution in [3.8, 4) is 0 Å². The predicted octanol–water partition coefficient (Wildman–Crippen LogP) is 3.81. The molecule has 1 amide bonds. The smallest absolute Gasteiger partial charge is 0.326 e. The second kappa shape index (κ2) is 7.48. The molecule has 1 atom stereocenters. The van der Waals surface area contributed by atoms with Crippen LogP contribution in [0.5, 0.6) is 0 Å². The third-order valence-electron chi connectivity index (χ3n) is 4.78. The fourth-order valence-electron chi connectivity index (χ4n) is 3.41. The van der Waals surface area contributed by atoms with Crippen molar-refractivity contribution in [1.82, 2.24) is 10.3 Å². The summed E-state index contributed by atoms with van der Waals surface area (Å²) in [5.41, 5.74) is 1.79. The molecular formula is C23H18N2O3. The summed E-state index contributed by atoms with van der Waals surface area (Å²) in [4.78, 5) is 28.9. The van der Waals surface area contributed by atoms with E-state index < -0.39 is 17.9 Å². The van der Waals surface area contributed by atoms with Gasteiger partial charge in [0.1, 0.15) is 6.04 Å². The number of aliphatic carboxylic acids is 1. The highest BCUT2D eigenvalue weighted by molar-refractivity contribution is 6.06. The minimum absolute atomic E-state index is 0.195. The molecule has 1 aromatic heterocycles. The number of fused-ring (bicyclic) bond motifs is 2. The summed E-state index contributed by atoms with van der Waals surface area (Å²) in [6.07, 6.45) is 1.81. The van der Waals surface area contributed by atoms with Crippen LogP contribution in [0.1, 0.15) is 15.9 Å². The zero-order valence-corrected chi connectivity index (χ0v) is 15.0. The van der Waals surface area contributed by atoms with Crippen molar-refractivity contribution < 1.29 is 14.7 Å². The van der Waals surface area contributed by atoms with Crippen molar-refractivity contribution >= 4 is 33.6 Å². The number of carbonyl (C=O) groups is 2. The van der Waals surface area contributed by atoms with Gasteiger partial charge in [0.25, 0.3) is 5.91 Å². The minimum Gasteiger partial charge on any atom is -0.480 e. The van der Waals surface area contributed by atoms with Gasteiger partial charge in [-0.1, -0.05) is 60.7 Å². The van der Waals surface area contributed by atoms with Gasteiger partial charge in [-0.3, -0.25) is 9.78 Å². The molecule has 0 fully saturated rings. The highest BCUT2D eigenvalue weighted by Gasteiger charge is 2.23. The molecule has 0 aliphatic heterocycles. The van der Waals surface area contributed by atoms with Crippen molar-refractivity contribution in [3.63, 3.8) is 0 Å². The van der Waals surface area contributed by atoms with Gasteiger partial charge in [0.15, 0.2) is 0 Å². The van der Waals surface area contributed by atoms with Crippen molar-refractivity contribution in [1.29, 1.82) is 0 Å². The Hall–Kier alpha value is -3.73. The number of carboxylic acids is 1. The number of hydrogen-bond acceptors (Lipinski definition) is 3. The lowest BCUT2D eigenvalue weighted by molar-refractivity contribution is -0.139. The molecule has 4 aromatic rings. The molecule has 1 heterocycles. The molecule has 0 unspecified atom stereocenters. The summed E-state index contributed by atoms with van der Waals surface area (Å²) in [6.45, 7) is 0. The Kier molecular flexibility index (Phi) is 4.72. The Bertz CT molecular complexity index is 1180. The van der Waals surface area contributed by atoms with Crippen LogP contribution in [-0.2, 0) is 11.2 Å². The van der Waals surface area contributed by atoms with Gasteiger partial charge in [0.2, 0.25) is 0 Å². The van der Waals surface area contributed by atoms with Gasteiger partial charge in [-0.25, -0.2) is 4.79 Å². The fourth-order valence-corrected chi connectivity index (χ4v) is 3.41. The van der Waals surface area contributed by atoms with E-state index in [4.69, 9.17) is 0 Å². The molecule has 0 aliphatic rings. The van der Waals surface area contributed by atoms with Crippen LogP contribution < -0.4 is 5.32 Å². The fraction of sp³-hybridized carbons (Fsp3) is 0.0870. The number of pyridine rings is 1. The van der Waals surface area contributed by atoms with Crippen LogP contribution in [0.2, 0.25) is 0 Å². The Morgan fingerprint density at radius 3 is 2.46 bits per heavy atom. The third-order valence-corrected chi connectivity index (χ3v) is 4.78. The number of carbonyl (C=O) groups excluding carboxylic acids is 1. The Labute approximate surface area is 161 Å². The SMILES string of the molecule is O=C(N[C@@H](Cc1cccc2ccccc12)C(=O)O)c1cccc2cccnc12. The summed E-state index contributed by atoms with van der Waals surface area (Å²) in [5.74, 6) is -1.52. The summed E-state index contributed by atoms with van der Waals surface area (Å²) >= 11 is 0. The lowest BCUT2D eigenvalue weighted by Crippen LogP contribution is -2.42. The summed E-state index contributed by atoms with van der Waals surface area (Å²) < 4.78 is 0. The number of aromatic nitrogens is 1. The highest BCUT2D eigenvalue weighted by atomic mass is 16.4. The monoisotopic (exact) mass is 370 g/mol. The second-order valence-electron chi connectivity index (χ2n) is 6.59. The highest BCUT2D eigenvalue weighted by Crippen LogP contribution is 2.21. The van der Waals surface area contributed by atoms with Crippen LogP contribution >= 0.6 is 0 Å². The van der Waals surface area contributed by atoms with Crippen LogP contribution in [0.3, 0.4) is 0 Å². The van der Waals surface area contributed by atoms with E-state index in [-0.39, 0.29) is 6.42 Å². The molecule has 0 bridgehead atoms. The van der Waals surface area contributed by atoms with E-state index >= 15 is 0 Å². The normalized spacial score (nSPS) is 12.0. The largest absolute Gasteiger partial charge is 0.480 e. The van der Waals surface area contributed by atoms with Crippen LogP contribution in [0.4, 0.5) is 0 Å². The second-order valence-corrected chi connectivity index (χ2v) is 6.59. The van der Waals surface area contributed by atoms with Gasteiger partial charge in [0, 0.05) is 18.0 Å². The number of para-hydroxylation sites is 1. The zero-order chi connectivity index (χ0) is 19.5. The van der Waals surface area contributed by atoms with E-state index in [1.807, 2.05) is 54.6 Å². The summed E-state index contributed by atoms with van der Waals surface area (Å²) in [7, 11) is 0. The lowest BCUT2D eigenvalue weighted by atomic mass is 9.98. The topological polar surface area (TPSA) is 79.3 Å². The Morgan fingerprint density at radius 2 is 1.61 bits per heavy atom. The van der Waals surface area contributed by atoms with E-state index in [1.54, 1.807) is 24.4 Å². The van der Waals surface area contributed by atoms with Gasteiger partial charge in [-0.15, -0.1) is 0 Å². The molecule has 0 spiro atoms. The standard InChI is InChI=1S/C23H18N2O3/c26-22(19-12-4-8-16-10-5-13-24-21(16)19)25-20(23(27)28)14-17-9-3-7-15-6-1-2-11-18(15)17/h1-13,20H,14H2,(H,25,26)(H,27,28)/t20-/m0/s1. The van der Waals surface area contributed by atoms with Crippen LogP contribution in [0.15, 0.2) is 79.0 Å². The quantitative estimate of drug-likeness (QED) is 0.560. The van der Waals surface area contributed by atoms with Crippen molar-refractivity contribution in [3.05, 3.63) is 90.1 Å². The van der Waals surface area contributed by atoms with E-state index in [2.05, 4.69) is 10.3 Å². The molecule has 4 rings (SSSR count). The zero-order valence-electron chi connectivity index (χ0n) is 15.0.